The lowest BCUT2D eigenvalue weighted by Crippen LogP contribution is -2.09. The van der Waals surface area contributed by atoms with Crippen molar-refractivity contribution in [3.8, 4) is 0 Å². The molecule has 0 spiro atoms. The highest BCUT2D eigenvalue weighted by molar-refractivity contribution is 9.10. The zero-order chi connectivity index (χ0) is 14.1. The van der Waals surface area contributed by atoms with E-state index in [9.17, 15) is 5.11 Å². The minimum absolute atomic E-state index is 0.553. The van der Waals surface area contributed by atoms with Crippen molar-refractivity contribution in [1.82, 2.24) is 0 Å². The van der Waals surface area contributed by atoms with Gasteiger partial charge in [-0.25, -0.2) is 0 Å². The quantitative estimate of drug-likeness (QED) is 0.829. The van der Waals surface area contributed by atoms with Crippen LogP contribution in [0.3, 0.4) is 0 Å². The average molecular weight is 331 g/mol. The summed E-state index contributed by atoms with van der Waals surface area (Å²) in [6.07, 6.45) is 3.42. The maximum Gasteiger partial charge on any atom is 0.104 e. The Morgan fingerprint density at radius 3 is 2.25 bits per heavy atom. The number of hydrogen-bond donors (Lipinski definition) is 1. The zero-order valence-corrected chi connectivity index (χ0v) is 13.2. The van der Waals surface area contributed by atoms with E-state index in [0.717, 1.165) is 21.5 Å². The van der Waals surface area contributed by atoms with Crippen molar-refractivity contribution in [3.63, 3.8) is 0 Å². The van der Waals surface area contributed by atoms with Gasteiger partial charge in [0.15, 0.2) is 0 Å². The Hall–Kier alpha value is -1.12. The Bertz CT molecular complexity index is 599. The number of aliphatic hydroxyl groups excluding tert-OH is 1. The summed E-state index contributed by atoms with van der Waals surface area (Å²) < 4.78 is 1.04. The molecule has 2 aromatic rings. The third-order valence-corrected chi connectivity index (χ3v) is 5.19. The molecule has 0 aromatic heterocycles. The molecule has 1 atom stereocenters. The molecule has 0 saturated heterocycles. The number of halogens is 1. The molecule has 0 aliphatic heterocycles. The molecular formula is C18H19BrO. The van der Waals surface area contributed by atoms with E-state index in [0.29, 0.717) is 0 Å². The molecule has 3 rings (SSSR count). The fraction of sp³-hybridized carbons (Fsp3) is 0.333. The van der Waals surface area contributed by atoms with Crippen LogP contribution < -0.4 is 0 Å². The van der Waals surface area contributed by atoms with Crippen molar-refractivity contribution in [1.29, 1.82) is 0 Å². The Balaban J connectivity index is 1.82. The van der Waals surface area contributed by atoms with Crippen LogP contribution in [0.5, 0.6) is 0 Å². The molecule has 1 fully saturated rings. The normalized spacial score (nSPS) is 16.8. The van der Waals surface area contributed by atoms with E-state index in [1.807, 2.05) is 25.1 Å². The molecule has 1 aliphatic rings. The van der Waals surface area contributed by atoms with Crippen LogP contribution in [0.1, 0.15) is 53.5 Å². The van der Waals surface area contributed by atoms with Crippen molar-refractivity contribution in [2.45, 2.75) is 38.2 Å². The maximum absolute atomic E-state index is 10.5. The molecule has 1 aliphatic carbocycles. The van der Waals surface area contributed by atoms with Crippen LogP contribution in [0.15, 0.2) is 46.9 Å². The van der Waals surface area contributed by atoms with Crippen LogP contribution in [0.25, 0.3) is 0 Å². The molecule has 0 radical (unpaired) electrons. The minimum Gasteiger partial charge on any atom is -0.384 e. The summed E-state index contributed by atoms with van der Waals surface area (Å²) in [6.45, 7) is 2.05. The molecule has 20 heavy (non-hydrogen) atoms. The summed E-state index contributed by atoms with van der Waals surface area (Å²) in [5.74, 6) is 0.745. The number of benzene rings is 2. The summed E-state index contributed by atoms with van der Waals surface area (Å²) in [5.41, 5.74) is 4.49. The van der Waals surface area contributed by atoms with Crippen molar-refractivity contribution >= 4 is 15.9 Å². The Morgan fingerprint density at radius 2 is 1.70 bits per heavy atom. The van der Waals surface area contributed by atoms with E-state index < -0.39 is 6.10 Å². The van der Waals surface area contributed by atoms with Gasteiger partial charge in [-0.3, -0.25) is 0 Å². The average Bonchev–Trinajstić information content (AvgIpc) is 2.40. The number of aliphatic hydroxyl groups is 1. The van der Waals surface area contributed by atoms with E-state index in [1.54, 1.807) is 0 Å². The monoisotopic (exact) mass is 330 g/mol. The van der Waals surface area contributed by atoms with Crippen LogP contribution in [0.2, 0.25) is 0 Å². The van der Waals surface area contributed by atoms with Gasteiger partial charge in [0, 0.05) is 4.47 Å². The van der Waals surface area contributed by atoms with Crippen molar-refractivity contribution < 1.29 is 5.11 Å². The van der Waals surface area contributed by atoms with Crippen molar-refractivity contribution in [2.24, 2.45) is 0 Å². The third kappa shape index (κ3) is 2.68. The first-order chi connectivity index (χ1) is 9.65. The van der Waals surface area contributed by atoms with Gasteiger partial charge in [0.05, 0.1) is 0 Å². The molecule has 1 saturated carbocycles. The second-order valence-corrected chi connectivity index (χ2v) is 6.56. The highest BCUT2D eigenvalue weighted by Crippen LogP contribution is 2.37. The zero-order valence-electron chi connectivity index (χ0n) is 11.6. The fourth-order valence-corrected chi connectivity index (χ4v) is 3.06. The second-order valence-electron chi connectivity index (χ2n) is 5.71. The van der Waals surface area contributed by atoms with Gasteiger partial charge in [0.2, 0.25) is 0 Å². The molecule has 1 N–H and O–H groups in total. The van der Waals surface area contributed by atoms with E-state index in [-0.39, 0.29) is 0 Å². The Kier molecular flexibility index (Phi) is 3.95. The van der Waals surface area contributed by atoms with Crippen LogP contribution in [0.4, 0.5) is 0 Å². The summed E-state index contributed by atoms with van der Waals surface area (Å²) in [7, 11) is 0. The van der Waals surface area contributed by atoms with Gasteiger partial charge in [0.1, 0.15) is 6.10 Å². The first-order valence-corrected chi connectivity index (χ1v) is 7.98. The summed E-state index contributed by atoms with van der Waals surface area (Å²) >= 11 is 3.52. The Labute approximate surface area is 128 Å². The van der Waals surface area contributed by atoms with Gasteiger partial charge in [-0.15, -0.1) is 0 Å². The molecular weight excluding hydrogens is 312 g/mol. The predicted octanol–water partition coefficient (Wildman–Crippen LogP) is 5.11. The third-order valence-electron chi connectivity index (χ3n) is 4.34. The molecule has 2 heteroatoms. The van der Waals surface area contributed by atoms with E-state index in [1.165, 1.54) is 30.4 Å². The van der Waals surface area contributed by atoms with E-state index >= 15 is 0 Å². The number of aryl methyl sites for hydroxylation is 1. The highest BCUT2D eigenvalue weighted by atomic mass is 79.9. The topological polar surface area (TPSA) is 20.2 Å². The van der Waals surface area contributed by atoms with Gasteiger partial charge >= 0.3 is 0 Å². The van der Waals surface area contributed by atoms with Gasteiger partial charge in [-0.1, -0.05) is 58.7 Å². The van der Waals surface area contributed by atoms with E-state index in [4.69, 9.17) is 0 Å². The van der Waals surface area contributed by atoms with Crippen LogP contribution >= 0.6 is 15.9 Å². The lowest BCUT2D eigenvalue weighted by atomic mass is 9.80. The lowest BCUT2D eigenvalue weighted by Gasteiger charge is -2.26. The maximum atomic E-state index is 10.5. The molecule has 0 heterocycles. The van der Waals surface area contributed by atoms with Crippen LogP contribution in [-0.2, 0) is 0 Å². The number of rotatable bonds is 3. The van der Waals surface area contributed by atoms with E-state index in [2.05, 4.69) is 40.2 Å². The highest BCUT2D eigenvalue weighted by Gasteiger charge is 2.19. The lowest BCUT2D eigenvalue weighted by molar-refractivity contribution is 0.220. The molecule has 0 bridgehead atoms. The standard InChI is InChI=1S/C18H19BrO/c1-12-5-6-16(11-17(12)19)18(20)15-9-7-14(8-10-15)13-3-2-4-13/h5-11,13,18,20H,2-4H2,1H3. The van der Waals surface area contributed by atoms with Crippen LogP contribution in [-0.4, -0.2) is 5.11 Å². The van der Waals surface area contributed by atoms with Gasteiger partial charge in [-0.05, 0) is 54.0 Å². The summed E-state index contributed by atoms with van der Waals surface area (Å²) in [4.78, 5) is 0. The largest absolute Gasteiger partial charge is 0.384 e. The summed E-state index contributed by atoms with van der Waals surface area (Å²) in [6, 6.07) is 14.5. The Morgan fingerprint density at radius 1 is 1.05 bits per heavy atom. The number of hydrogen-bond acceptors (Lipinski definition) is 1. The minimum atomic E-state index is -0.553. The second kappa shape index (κ2) is 5.71. The van der Waals surface area contributed by atoms with Gasteiger partial charge in [-0.2, -0.15) is 0 Å². The van der Waals surface area contributed by atoms with Crippen molar-refractivity contribution in [2.75, 3.05) is 0 Å². The van der Waals surface area contributed by atoms with Crippen molar-refractivity contribution in [3.05, 3.63) is 69.2 Å². The first-order valence-electron chi connectivity index (χ1n) is 7.19. The smallest absolute Gasteiger partial charge is 0.104 e. The first kappa shape index (κ1) is 13.8. The molecule has 1 unspecified atom stereocenters. The van der Waals surface area contributed by atoms with Gasteiger partial charge in [0.25, 0.3) is 0 Å². The molecule has 104 valence electrons. The fourth-order valence-electron chi connectivity index (χ4n) is 2.66. The molecule has 1 nitrogen and oxygen atoms in total. The van der Waals surface area contributed by atoms with Crippen LogP contribution in [0, 0.1) is 6.92 Å². The van der Waals surface area contributed by atoms with Gasteiger partial charge < -0.3 is 5.11 Å². The molecule has 0 amide bonds. The SMILES string of the molecule is Cc1ccc(C(O)c2ccc(C3CCC3)cc2)cc1Br. The molecule has 2 aromatic carbocycles. The summed E-state index contributed by atoms with van der Waals surface area (Å²) in [5, 5.41) is 10.5. The predicted molar refractivity (Wildman–Crippen MR) is 86.0 cm³/mol.